The van der Waals surface area contributed by atoms with Crippen LogP contribution in [-0.4, -0.2) is 12.6 Å². The molecular formula is C14H18O2. The molecule has 0 aliphatic heterocycles. The van der Waals surface area contributed by atoms with Crippen molar-refractivity contribution >= 4 is 5.97 Å². The van der Waals surface area contributed by atoms with Crippen LogP contribution in [-0.2, 0) is 4.74 Å². The maximum absolute atomic E-state index is 11.8. The van der Waals surface area contributed by atoms with Crippen molar-refractivity contribution in [2.45, 2.75) is 33.6 Å². The van der Waals surface area contributed by atoms with Crippen LogP contribution in [0, 0.1) is 26.7 Å². The minimum absolute atomic E-state index is 0.182. The molecule has 16 heavy (non-hydrogen) atoms. The van der Waals surface area contributed by atoms with Crippen LogP contribution in [0.2, 0.25) is 0 Å². The highest BCUT2D eigenvalue weighted by molar-refractivity contribution is 5.90. The summed E-state index contributed by atoms with van der Waals surface area (Å²) in [6, 6.07) is 3.83. The van der Waals surface area contributed by atoms with Gasteiger partial charge in [0.05, 0.1) is 12.2 Å². The molecular weight excluding hydrogens is 200 g/mol. The second kappa shape index (κ2) is 4.28. The Labute approximate surface area is 96.6 Å². The molecule has 0 aromatic heterocycles. The summed E-state index contributed by atoms with van der Waals surface area (Å²) in [4.78, 5) is 11.8. The molecule has 1 aromatic rings. The van der Waals surface area contributed by atoms with Crippen molar-refractivity contribution in [3.8, 4) is 0 Å². The lowest BCUT2D eigenvalue weighted by molar-refractivity contribution is 0.0486. The van der Waals surface area contributed by atoms with Gasteiger partial charge in [0.2, 0.25) is 0 Å². The summed E-state index contributed by atoms with van der Waals surface area (Å²) < 4.78 is 5.26. The fraction of sp³-hybridized carbons (Fsp3) is 0.500. The Morgan fingerprint density at radius 3 is 2.31 bits per heavy atom. The molecule has 0 spiro atoms. The van der Waals surface area contributed by atoms with E-state index in [4.69, 9.17) is 4.74 Å². The topological polar surface area (TPSA) is 26.3 Å². The van der Waals surface area contributed by atoms with E-state index in [1.165, 1.54) is 18.4 Å². The van der Waals surface area contributed by atoms with Crippen LogP contribution < -0.4 is 0 Å². The summed E-state index contributed by atoms with van der Waals surface area (Å²) in [6.45, 7) is 6.72. The van der Waals surface area contributed by atoms with Gasteiger partial charge in [-0.2, -0.15) is 0 Å². The molecule has 86 valence electrons. The van der Waals surface area contributed by atoms with Gasteiger partial charge in [-0.15, -0.1) is 0 Å². The lowest BCUT2D eigenvalue weighted by Crippen LogP contribution is -2.08. The quantitative estimate of drug-likeness (QED) is 0.728. The van der Waals surface area contributed by atoms with Gasteiger partial charge < -0.3 is 4.74 Å². The Morgan fingerprint density at radius 1 is 1.25 bits per heavy atom. The number of benzene rings is 1. The molecule has 0 unspecified atom stereocenters. The number of carbonyl (C=O) groups excluding carboxylic acids is 1. The fourth-order valence-corrected chi connectivity index (χ4v) is 1.71. The van der Waals surface area contributed by atoms with Crippen molar-refractivity contribution in [2.24, 2.45) is 5.92 Å². The van der Waals surface area contributed by atoms with Gasteiger partial charge >= 0.3 is 5.97 Å². The average molecular weight is 218 g/mol. The Morgan fingerprint density at radius 2 is 1.81 bits per heavy atom. The maximum atomic E-state index is 11.8. The van der Waals surface area contributed by atoms with Crippen molar-refractivity contribution in [3.63, 3.8) is 0 Å². The molecule has 0 heterocycles. The second-order valence-electron chi connectivity index (χ2n) is 4.78. The summed E-state index contributed by atoms with van der Waals surface area (Å²) in [5.41, 5.74) is 4.23. The summed E-state index contributed by atoms with van der Waals surface area (Å²) in [5, 5.41) is 0. The van der Waals surface area contributed by atoms with Gasteiger partial charge in [-0.25, -0.2) is 4.79 Å². The van der Waals surface area contributed by atoms with Gasteiger partial charge in [-0.1, -0.05) is 0 Å². The van der Waals surface area contributed by atoms with E-state index >= 15 is 0 Å². The van der Waals surface area contributed by atoms with Crippen LogP contribution in [0.1, 0.15) is 39.9 Å². The van der Waals surface area contributed by atoms with E-state index in [1.807, 2.05) is 26.0 Å². The molecule has 0 amide bonds. The first-order valence-electron chi connectivity index (χ1n) is 5.83. The van der Waals surface area contributed by atoms with E-state index < -0.39 is 0 Å². The highest BCUT2D eigenvalue weighted by Crippen LogP contribution is 2.29. The number of aryl methyl sites for hydroxylation is 2. The molecule has 2 nitrogen and oxygen atoms in total. The number of hydrogen-bond donors (Lipinski definition) is 0. The van der Waals surface area contributed by atoms with Crippen molar-refractivity contribution < 1.29 is 9.53 Å². The zero-order chi connectivity index (χ0) is 11.7. The van der Waals surface area contributed by atoms with Gasteiger partial charge in [-0.05, 0) is 68.4 Å². The molecule has 2 rings (SSSR count). The molecule has 0 N–H and O–H groups in total. The summed E-state index contributed by atoms with van der Waals surface area (Å²) >= 11 is 0. The Bertz CT molecular complexity index is 394. The van der Waals surface area contributed by atoms with E-state index in [0.29, 0.717) is 18.1 Å². The zero-order valence-corrected chi connectivity index (χ0v) is 10.2. The van der Waals surface area contributed by atoms with E-state index in [-0.39, 0.29) is 5.97 Å². The molecule has 1 aliphatic rings. The molecule has 0 atom stereocenters. The van der Waals surface area contributed by atoms with Crippen molar-refractivity contribution in [1.29, 1.82) is 0 Å². The first kappa shape index (κ1) is 11.2. The van der Waals surface area contributed by atoms with Crippen LogP contribution in [0.5, 0.6) is 0 Å². The molecule has 1 fully saturated rings. The summed E-state index contributed by atoms with van der Waals surface area (Å²) in [6.07, 6.45) is 2.42. The van der Waals surface area contributed by atoms with E-state index in [1.54, 1.807) is 0 Å². The maximum Gasteiger partial charge on any atom is 0.338 e. The molecule has 2 heteroatoms. The minimum atomic E-state index is -0.182. The number of ether oxygens (including phenoxy) is 1. The Kier molecular flexibility index (Phi) is 2.99. The predicted molar refractivity (Wildman–Crippen MR) is 63.7 cm³/mol. The number of hydrogen-bond acceptors (Lipinski definition) is 2. The first-order chi connectivity index (χ1) is 7.58. The third kappa shape index (κ3) is 2.43. The molecule has 0 bridgehead atoms. The molecule has 0 radical (unpaired) electrons. The van der Waals surface area contributed by atoms with Crippen molar-refractivity contribution in [3.05, 3.63) is 34.4 Å². The fourth-order valence-electron chi connectivity index (χ4n) is 1.71. The van der Waals surface area contributed by atoms with Crippen LogP contribution in [0.4, 0.5) is 0 Å². The van der Waals surface area contributed by atoms with Gasteiger partial charge in [0.1, 0.15) is 0 Å². The normalized spacial score (nSPS) is 14.9. The lowest BCUT2D eigenvalue weighted by atomic mass is 10.0. The van der Waals surface area contributed by atoms with E-state index in [9.17, 15) is 4.79 Å². The van der Waals surface area contributed by atoms with Crippen molar-refractivity contribution in [1.82, 2.24) is 0 Å². The minimum Gasteiger partial charge on any atom is -0.462 e. The Balaban J connectivity index is 2.09. The van der Waals surface area contributed by atoms with Crippen LogP contribution in [0.25, 0.3) is 0 Å². The first-order valence-corrected chi connectivity index (χ1v) is 5.83. The van der Waals surface area contributed by atoms with Crippen LogP contribution >= 0.6 is 0 Å². The third-order valence-electron chi connectivity index (χ3n) is 3.31. The van der Waals surface area contributed by atoms with E-state index in [2.05, 4.69) is 6.92 Å². The standard InChI is InChI=1S/C14H18O2/c1-9-6-13(7-10(2)11(9)3)14(15)16-8-12-4-5-12/h6-7,12H,4-5,8H2,1-3H3. The summed E-state index contributed by atoms with van der Waals surface area (Å²) in [5.74, 6) is 0.440. The van der Waals surface area contributed by atoms with Crippen LogP contribution in [0.3, 0.4) is 0 Å². The van der Waals surface area contributed by atoms with Crippen LogP contribution in [0.15, 0.2) is 12.1 Å². The van der Waals surface area contributed by atoms with E-state index in [0.717, 1.165) is 11.1 Å². The molecule has 1 aromatic carbocycles. The SMILES string of the molecule is Cc1cc(C(=O)OCC2CC2)cc(C)c1C. The second-order valence-corrected chi connectivity index (χ2v) is 4.78. The predicted octanol–water partition coefficient (Wildman–Crippen LogP) is 3.18. The van der Waals surface area contributed by atoms with Gasteiger partial charge in [0.25, 0.3) is 0 Å². The molecule has 1 saturated carbocycles. The van der Waals surface area contributed by atoms with Crippen molar-refractivity contribution in [2.75, 3.05) is 6.61 Å². The smallest absolute Gasteiger partial charge is 0.338 e. The molecule has 1 aliphatic carbocycles. The monoisotopic (exact) mass is 218 g/mol. The third-order valence-corrected chi connectivity index (χ3v) is 3.31. The largest absolute Gasteiger partial charge is 0.462 e. The Hall–Kier alpha value is -1.31. The highest BCUT2D eigenvalue weighted by atomic mass is 16.5. The number of carbonyl (C=O) groups is 1. The zero-order valence-electron chi connectivity index (χ0n) is 10.2. The number of esters is 1. The van der Waals surface area contributed by atoms with Gasteiger partial charge in [-0.3, -0.25) is 0 Å². The van der Waals surface area contributed by atoms with Gasteiger partial charge in [0, 0.05) is 0 Å². The van der Waals surface area contributed by atoms with Gasteiger partial charge in [0.15, 0.2) is 0 Å². The summed E-state index contributed by atoms with van der Waals surface area (Å²) in [7, 11) is 0. The lowest BCUT2D eigenvalue weighted by Gasteiger charge is -2.09. The number of rotatable bonds is 3. The average Bonchev–Trinajstić information content (AvgIpc) is 3.05. The molecule has 0 saturated heterocycles. The highest BCUT2D eigenvalue weighted by Gasteiger charge is 2.23.